The third-order valence-corrected chi connectivity index (χ3v) is 6.64. The number of nitrogens with zero attached hydrogens (tertiary/aromatic N) is 6. The first-order valence-electron chi connectivity index (χ1n) is 12.3. The predicted molar refractivity (Wildman–Crippen MR) is 138 cm³/mol. The van der Waals surface area contributed by atoms with Crippen LogP contribution in [0.1, 0.15) is 36.1 Å². The van der Waals surface area contributed by atoms with Gasteiger partial charge in [-0.05, 0) is 54.4 Å². The van der Waals surface area contributed by atoms with Crippen LogP contribution in [-0.2, 0) is 4.74 Å². The van der Waals surface area contributed by atoms with E-state index in [1.54, 1.807) is 12.1 Å². The lowest BCUT2D eigenvalue weighted by atomic mass is 9.90. The third kappa shape index (κ3) is 5.20. The summed E-state index contributed by atoms with van der Waals surface area (Å²) in [4.78, 5) is 11.2. The standard InChI is InChI=1S/C28H27FN6O2/c1-18-14-24(29)23(16-22(18)19(2)25-6-7-27(34-33-25)37-11-3-8-30)28-21-5-4-20(15-26(21)31-17-32-28)35-9-12-36-13-10-35/h4-7,14-17,19H,3,9-13H2,1-2H3. The topological polar surface area (TPSA) is 97.1 Å². The van der Waals surface area contributed by atoms with Crippen molar-refractivity contribution in [2.45, 2.75) is 26.2 Å². The number of morpholine rings is 1. The normalized spacial score (nSPS) is 14.4. The van der Waals surface area contributed by atoms with Crippen molar-refractivity contribution in [1.29, 1.82) is 5.26 Å². The molecule has 0 spiro atoms. The number of aryl methyl sites for hydroxylation is 1. The SMILES string of the molecule is Cc1cc(F)c(-c2ncnc3cc(N4CCOCC4)ccc23)cc1C(C)c1ccc(OCCC#N)nn1. The fourth-order valence-corrected chi connectivity index (χ4v) is 4.61. The first-order chi connectivity index (χ1) is 18.0. The van der Waals surface area contributed by atoms with E-state index in [0.29, 0.717) is 30.4 Å². The van der Waals surface area contributed by atoms with Crippen LogP contribution in [0.5, 0.6) is 5.88 Å². The zero-order valence-corrected chi connectivity index (χ0v) is 20.8. The zero-order valence-electron chi connectivity index (χ0n) is 20.8. The van der Waals surface area contributed by atoms with Gasteiger partial charge in [-0.25, -0.2) is 14.4 Å². The molecule has 1 fully saturated rings. The Kier molecular flexibility index (Phi) is 7.19. The Bertz CT molecular complexity index is 1450. The molecule has 2 aromatic heterocycles. The maximum absolute atomic E-state index is 15.3. The van der Waals surface area contributed by atoms with Gasteiger partial charge in [0.1, 0.15) is 18.8 Å². The summed E-state index contributed by atoms with van der Waals surface area (Å²) in [5, 5.41) is 17.9. The van der Waals surface area contributed by atoms with Crippen LogP contribution in [0.2, 0.25) is 0 Å². The van der Waals surface area contributed by atoms with Gasteiger partial charge in [0.2, 0.25) is 5.88 Å². The van der Waals surface area contributed by atoms with E-state index in [2.05, 4.69) is 25.1 Å². The molecule has 9 heteroatoms. The maximum Gasteiger partial charge on any atom is 0.233 e. The van der Waals surface area contributed by atoms with Gasteiger partial charge in [0, 0.05) is 41.7 Å². The molecule has 5 rings (SSSR count). The molecule has 1 unspecified atom stereocenters. The van der Waals surface area contributed by atoms with Crippen molar-refractivity contribution in [2.24, 2.45) is 0 Å². The van der Waals surface area contributed by atoms with Crippen LogP contribution in [0.3, 0.4) is 0 Å². The molecule has 37 heavy (non-hydrogen) atoms. The van der Waals surface area contributed by atoms with Gasteiger partial charge in [-0.1, -0.05) is 6.92 Å². The van der Waals surface area contributed by atoms with Crippen molar-refractivity contribution in [3.05, 3.63) is 71.4 Å². The van der Waals surface area contributed by atoms with Crippen molar-refractivity contribution in [3.63, 3.8) is 0 Å². The fourth-order valence-electron chi connectivity index (χ4n) is 4.61. The summed E-state index contributed by atoms with van der Waals surface area (Å²) in [6, 6.07) is 15.0. The van der Waals surface area contributed by atoms with E-state index >= 15 is 4.39 Å². The average molecular weight is 499 g/mol. The van der Waals surface area contributed by atoms with E-state index in [1.807, 2.05) is 50.2 Å². The van der Waals surface area contributed by atoms with Crippen LogP contribution in [0, 0.1) is 24.1 Å². The quantitative estimate of drug-likeness (QED) is 0.335. The highest BCUT2D eigenvalue weighted by Gasteiger charge is 2.20. The van der Waals surface area contributed by atoms with Crippen molar-refractivity contribution in [2.75, 3.05) is 37.8 Å². The summed E-state index contributed by atoms with van der Waals surface area (Å²) in [7, 11) is 0. The highest BCUT2D eigenvalue weighted by molar-refractivity contribution is 5.94. The van der Waals surface area contributed by atoms with Crippen LogP contribution in [0.4, 0.5) is 10.1 Å². The number of hydrogen-bond donors (Lipinski definition) is 0. The van der Waals surface area contributed by atoms with E-state index in [9.17, 15) is 0 Å². The minimum atomic E-state index is -0.335. The molecule has 2 aromatic carbocycles. The van der Waals surface area contributed by atoms with Gasteiger partial charge >= 0.3 is 0 Å². The minimum Gasteiger partial charge on any atom is -0.476 e. The molecule has 1 aliphatic rings. The average Bonchev–Trinajstić information content (AvgIpc) is 2.93. The number of halogens is 1. The van der Waals surface area contributed by atoms with Gasteiger partial charge in [-0.2, -0.15) is 10.4 Å². The summed E-state index contributed by atoms with van der Waals surface area (Å²) >= 11 is 0. The summed E-state index contributed by atoms with van der Waals surface area (Å²) in [6.07, 6.45) is 1.77. The molecule has 1 atom stereocenters. The van der Waals surface area contributed by atoms with Gasteiger partial charge < -0.3 is 14.4 Å². The molecule has 0 bridgehead atoms. The number of hydrogen-bond acceptors (Lipinski definition) is 8. The number of rotatable bonds is 7. The fraction of sp³-hybridized carbons (Fsp3) is 0.321. The van der Waals surface area contributed by atoms with Crippen molar-refractivity contribution < 1.29 is 13.9 Å². The molecule has 0 aliphatic carbocycles. The Hall–Kier alpha value is -4.16. The van der Waals surface area contributed by atoms with E-state index in [0.717, 1.165) is 46.5 Å². The monoisotopic (exact) mass is 498 g/mol. The highest BCUT2D eigenvalue weighted by Crippen LogP contribution is 2.35. The Labute approximate surface area is 214 Å². The molecular formula is C28H27FN6O2. The number of benzene rings is 2. The lowest BCUT2D eigenvalue weighted by Gasteiger charge is -2.29. The van der Waals surface area contributed by atoms with E-state index in [1.165, 1.54) is 6.33 Å². The summed E-state index contributed by atoms with van der Waals surface area (Å²) in [5.74, 6) is -0.106. The van der Waals surface area contributed by atoms with Gasteiger partial charge in [0.05, 0.1) is 42.6 Å². The zero-order chi connectivity index (χ0) is 25.8. The molecule has 4 aromatic rings. The molecule has 0 saturated carbocycles. The first kappa shape index (κ1) is 24.5. The number of ether oxygens (including phenoxy) is 2. The second-order valence-electron chi connectivity index (χ2n) is 8.99. The Morgan fingerprint density at radius 3 is 2.70 bits per heavy atom. The van der Waals surface area contributed by atoms with Crippen LogP contribution in [-0.4, -0.2) is 53.1 Å². The van der Waals surface area contributed by atoms with Gasteiger partial charge in [0.25, 0.3) is 0 Å². The molecule has 0 N–H and O–H groups in total. The van der Waals surface area contributed by atoms with Gasteiger partial charge in [-0.3, -0.25) is 0 Å². The summed E-state index contributed by atoms with van der Waals surface area (Å²) in [5.41, 5.74) is 5.29. The predicted octanol–water partition coefficient (Wildman–Crippen LogP) is 4.82. The number of fused-ring (bicyclic) bond motifs is 1. The van der Waals surface area contributed by atoms with Gasteiger partial charge in [-0.15, -0.1) is 5.10 Å². The molecule has 0 amide bonds. The smallest absolute Gasteiger partial charge is 0.233 e. The lowest BCUT2D eigenvalue weighted by Crippen LogP contribution is -2.36. The summed E-state index contributed by atoms with van der Waals surface area (Å²) < 4.78 is 26.2. The Morgan fingerprint density at radius 2 is 1.95 bits per heavy atom. The highest BCUT2D eigenvalue weighted by atomic mass is 19.1. The van der Waals surface area contributed by atoms with Gasteiger partial charge in [0.15, 0.2) is 0 Å². The molecule has 1 saturated heterocycles. The molecule has 8 nitrogen and oxygen atoms in total. The second-order valence-corrected chi connectivity index (χ2v) is 8.99. The number of anilines is 1. The van der Waals surface area contributed by atoms with Crippen molar-refractivity contribution in [3.8, 4) is 23.2 Å². The van der Waals surface area contributed by atoms with Crippen LogP contribution < -0.4 is 9.64 Å². The van der Waals surface area contributed by atoms with Crippen molar-refractivity contribution in [1.82, 2.24) is 20.2 Å². The molecule has 3 heterocycles. The Balaban J connectivity index is 1.47. The van der Waals surface area contributed by atoms with Crippen molar-refractivity contribution >= 4 is 16.6 Å². The molecule has 1 aliphatic heterocycles. The maximum atomic E-state index is 15.3. The Morgan fingerprint density at radius 1 is 1.11 bits per heavy atom. The first-order valence-corrected chi connectivity index (χ1v) is 12.3. The van der Waals surface area contributed by atoms with Crippen LogP contribution >= 0.6 is 0 Å². The van der Waals surface area contributed by atoms with E-state index in [-0.39, 0.29) is 24.8 Å². The molecule has 0 radical (unpaired) electrons. The largest absolute Gasteiger partial charge is 0.476 e. The van der Waals surface area contributed by atoms with Crippen LogP contribution in [0.15, 0.2) is 48.8 Å². The third-order valence-electron chi connectivity index (χ3n) is 6.64. The summed E-state index contributed by atoms with van der Waals surface area (Å²) in [6.45, 7) is 7.21. The van der Waals surface area contributed by atoms with E-state index in [4.69, 9.17) is 14.7 Å². The second kappa shape index (κ2) is 10.8. The van der Waals surface area contributed by atoms with E-state index < -0.39 is 0 Å². The molecular weight excluding hydrogens is 471 g/mol. The van der Waals surface area contributed by atoms with Crippen LogP contribution in [0.25, 0.3) is 22.2 Å². The lowest BCUT2D eigenvalue weighted by molar-refractivity contribution is 0.122. The number of aromatic nitrogens is 4. The molecule has 188 valence electrons. The minimum absolute atomic E-state index is 0.138. The number of nitriles is 1.